The Labute approximate surface area is 119 Å². The SMILES string of the molecule is CC(C)Cc1c(N)noc1-c1cccc(Br)c1Cl. The van der Waals surface area contributed by atoms with Crippen LogP contribution in [0.2, 0.25) is 5.02 Å². The smallest absolute Gasteiger partial charge is 0.173 e. The molecule has 0 spiro atoms. The molecular formula is C13H14BrClN2O. The maximum Gasteiger partial charge on any atom is 0.173 e. The number of benzene rings is 1. The van der Waals surface area contributed by atoms with E-state index in [1.807, 2.05) is 18.2 Å². The van der Waals surface area contributed by atoms with Crippen molar-refractivity contribution in [3.8, 4) is 11.3 Å². The Morgan fingerprint density at radius 1 is 1.44 bits per heavy atom. The summed E-state index contributed by atoms with van der Waals surface area (Å²) in [5, 5.41) is 4.46. The lowest BCUT2D eigenvalue weighted by molar-refractivity contribution is 0.434. The van der Waals surface area contributed by atoms with Crippen LogP contribution in [0.25, 0.3) is 11.3 Å². The number of anilines is 1. The number of nitrogen functional groups attached to an aromatic ring is 1. The fourth-order valence-electron chi connectivity index (χ4n) is 1.82. The third kappa shape index (κ3) is 2.54. The molecule has 0 aliphatic heterocycles. The van der Waals surface area contributed by atoms with Crippen LogP contribution in [0.4, 0.5) is 5.82 Å². The normalized spacial score (nSPS) is 11.2. The van der Waals surface area contributed by atoms with Crippen LogP contribution in [0.15, 0.2) is 27.2 Å². The van der Waals surface area contributed by atoms with Gasteiger partial charge in [-0.05, 0) is 40.4 Å². The van der Waals surface area contributed by atoms with Crippen molar-refractivity contribution in [3.63, 3.8) is 0 Å². The van der Waals surface area contributed by atoms with E-state index in [0.717, 1.165) is 22.0 Å². The third-order valence-corrected chi connectivity index (χ3v) is 3.92. The summed E-state index contributed by atoms with van der Waals surface area (Å²) in [6.07, 6.45) is 0.813. The van der Waals surface area contributed by atoms with Gasteiger partial charge >= 0.3 is 0 Å². The van der Waals surface area contributed by atoms with Crippen molar-refractivity contribution in [2.45, 2.75) is 20.3 Å². The van der Waals surface area contributed by atoms with Crippen molar-refractivity contribution >= 4 is 33.3 Å². The highest BCUT2D eigenvalue weighted by Crippen LogP contribution is 2.37. The Morgan fingerprint density at radius 2 is 2.17 bits per heavy atom. The van der Waals surface area contributed by atoms with Crippen molar-refractivity contribution in [1.29, 1.82) is 0 Å². The summed E-state index contributed by atoms with van der Waals surface area (Å²) in [6.45, 7) is 4.25. The summed E-state index contributed by atoms with van der Waals surface area (Å²) in [5.41, 5.74) is 7.59. The fourth-order valence-corrected chi connectivity index (χ4v) is 2.40. The lowest BCUT2D eigenvalue weighted by Crippen LogP contribution is -1.99. The lowest BCUT2D eigenvalue weighted by Gasteiger charge is -2.07. The lowest BCUT2D eigenvalue weighted by atomic mass is 10.00. The molecule has 0 bridgehead atoms. The summed E-state index contributed by atoms with van der Waals surface area (Å²) in [7, 11) is 0. The summed E-state index contributed by atoms with van der Waals surface area (Å²) in [6, 6.07) is 5.69. The number of hydrogen-bond acceptors (Lipinski definition) is 3. The zero-order valence-corrected chi connectivity index (χ0v) is 12.5. The highest BCUT2D eigenvalue weighted by molar-refractivity contribution is 9.10. The molecule has 0 radical (unpaired) electrons. The molecule has 18 heavy (non-hydrogen) atoms. The molecule has 0 unspecified atom stereocenters. The van der Waals surface area contributed by atoms with Crippen LogP contribution in [-0.2, 0) is 6.42 Å². The van der Waals surface area contributed by atoms with Gasteiger partial charge in [0.15, 0.2) is 11.6 Å². The average Bonchev–Trinajstić information content (AvgIpc) is 2.64. The van der Waals surface area contributed by atoms with Gasteiger partial charge in [-0.1, -0.05) is 36.7 Å². The molecule has 0 saturated carbocycles. The molecule has 0 fully saturated rings. The molecule has 1 aromatic carbocycles. The van der Waals surface area contributed by atoms with Gasteiger partial charge < -0.3 is 10.3 Å². The number of aromatic nitrogens is 1. The molecular weight excluding hydrogens is 316 g/mol. The van der Waals surface area contributed by atoms with Crippen molar-refractivity contribution in [3.05, 3.63) is 33.3 Å². The molecule has 1 heterocycles. The number of nitrogens with zero attached hydrogens (tertiary/aromatic N) is 1. The van der Waals surface area contributed by atoms with Crippen LogP contribution in [0.1, 0.15) is 19.4 Å². The van der Waals surface area contributed by atoms with Crippen LogP contribution < -0.4 is 5.73 Å². The van der Waals surface area contributed by atoms with E-state index in [2.05, 4.69) is 34.9 Å². The Morgan fingerprint density at radius 3 is 2.83 bits per heavy atom. The second kappa shape index (κ2) is 5.33. The van der Waals surface area contributed by atoms with Gasteiger partial charge in [-0.25, -0.2) is 0 Å². The van der Waals surface area contributed by atoms with Crippen molar-refractivity contribution in [2.24, 2.45) is 5.92 Å². The molecule has 1 aromatic heterocycles. The maximum atomic E-state index is 6.27. The van der Waals surface area contributed by atoms with Crippen LogP contribution in [0.5, 0.6) is 0 Å². The maximum absolute atomic E-state index is 6.27. The molecule has 2 N–H and O–H groups in total. The third-order valence-electron chi connectivity index (χ3n) is 2.63. The number of halogens is 2. The standard InChI is InChI=1S/C13H14BrClN2O/c1-7(2)6-9-12(18-17-13(9)16)8-4-3-5-10(14)11(8)15/h3-5,7H,6H2,1-2H3,(H2,16,17). The monoisotopic (exact) mass is 328 g/mol. The summed E-state index contributed by atoms with van der Waals surface area (Å²) < 4.78 is 6.16. The molecule has 0 atom stereocenters. The van der Waals surface area contributed by atoms with Gasteiger partial charge in [-0.15, -0.1) is 0 Å². The first kappa shape index (κ1) is 13.4. The van der Waals surface area contributed by atoms with Crippen molar-refractivity contribution in [2.75, 3.05) is 5.73 Å². The van der Waals surface area contributed by atoms with Crippen LogP contribution >= 0.6 is 27.5 Å². The Kier molecular flexibility index (Phi) is 3.97. The fraction of sp³-hybridized carbons (Fsp3) is 0.308. The van der Waals surface area contributed by atoms with Gasteiger partial charge in [0, 0.05) is 15.6 Å². The molecule has 2 aromatic rings. The second-order valence-electron chi connectivity index (χ2n) is 4.57. The topological polar surface area (TPSA) is 52.0 Å². The predicted octanol–water partition coefficient (Wildman–Crippen LogP) is 4.54. The van der Waals surface area contributed by atoms with Gasteiger partial charge in [0.2, 0.25) is 0 Å². The van der Waals surface area contributed by atoms with Gasteiger partial charge in [0.05, 0.1) is 5.02 Å². The average molecular weight is 330 g/mol. The minimum absolute atomic E-state index is 0.440. The van der Waals surface area contributed by atoms with Crippen molar-refractivity contribution < 1.29 is 4.52 Å². The summed E-state index contributed by atoms with van der Waals surface area (Å²) in [4.78, 5) is 0. The molecule has 0 saturated heterocycles. The highest BCUT2D eigenvalue weighted by atomic mass is 79.9. The molecule has 0 amide bonds. The van der Waals surface area contributed by atoms with E-state index >= 15 is 0 Å². The molecule has 2 rings (SSSR count). The minimum Gasteiger partial charge on any atom is -0.381 e. The van der Waals surface area contributed by atoms with E-state index in [9.17, 15) is 0 Å². The number of nitrogens with two attached hydrogens (primary N) is 1. The Hall–Kier alpha value is -1.000. The van der Waals surface area contributed by atoms with Gasteiger partial charge in [-0.3, -0.25) is 0 Å². The first-order valence-electron chi connectivity index (χ1n) is 5.69. The molecule has 5 heteroatoms. The number of rotatable bonds is 3. The minimum atomic E-state index is 0.440. The largest absolute Gasteiger partial charge is 0.381 e. The van der Waals surface area contributed by atoms with Crippen LogP contribution in [-0.4, -0.2) is 5.16 Å². The van der Waals surface area contributed by atoms with E-state index in [1.54, 1.807) is 0 Å². The van der Waals surface area contributed by atoms with Crippen LogP contribution in [0, 0.1) is 5.92 Å². The zero-order valence-electron chi connectivity index (χ0n) is 10.2. The van der Waals surface area contributed by atoms with E-state index in [4.69, 9.17) is 21.9 Å². The first-order valence-corrected chi connectivity index (χ1v) is 6.86. The summed E-state index contributed by atoms with van der Waals surface area (Å²) >= 11 is 9.67. The molecule has 96 valence electrons. The Balaban J connectivity index is 2.54. The number of hydrogen-bond donors (Lipinski definition) is 1. The molecule has 0 aliphatic rings. The first-order chi connectivity index (χ1) is 8.50. The van der Waals surface area contributed by atoms with E-state index < -0.39 is 0 Å². The van der Waals surface area contributed by atoms with Gasteiger partial charge in [0.25, 0.3) is 0 Å². The van der Waals surface area contributed by atoms with E-state index in [-0.39, 0.29) is 0 Å². The summed E-state index contributed by atoms with van der Waals surface area (Å²) in [5.74, 6) is 1.57. The van der Waals surface area contributed by atoms with Gasteiger partial charge in [-0.2, -0.15) is 0 Å². The Bertz CT molecular complexity index is 566. The predicted molar refractivity (Wildman–Crippen MR) is 77.6 cm³/mol. The quantitative estimate of drug-likeness (QED) is 0.899. The van der Waals surface area contributed by atoms with E-state index in [1.165, 1.54) is 0 Å². The molecule has 3 nitrogen and oxygen atoms in total. The molecule has 0 aliphatic carbocycles. The highest BCUT2D eigenvalue weighted by Gasteiger charge is 2.19. The van der Waals surface area contributed by atoms with Gasteiger partial charge in [0.1, 0.15) is 0 Å². The van der Waals surface area contributed by atoms with Crippen molar-refractivity contribution in [1.82, 2.24) is 5.16 Å². The van der Waals surface area contributed by atoms with E-state index in [0.29, 0.717) is 22.5 Å². The zero-order chi connectivity index (χ0) is 13.3. The second-order valence-corrected chi connectivity index (χ2v) is 5.81. The van der Waals surface area contributed by atoms with Crippen LogP contribution in [0.3, 0.4) is 0 Å².